The molecule has 0 aromatic heterocycles. The molecule has 0 fully saturated rings. The lowest BCUT2D eigenvalue weighted by Gasteiger charge is -2.20. The quantitative estimate of drug-likeness (QED) is 0.754. The summed E-state index contributed by atoms with van der Waals surface area (Å²) in [4.78, 5) is 0. The highest BCUT2D eigenvalue weighted by Gasteiger charge is 2.10. The van der Waals surface area contributed by atoms with Crippen LogP contribution in [0.1, 0.15) is 45.1 Å². The van der Waals surface area contributed by atoms with Gasteiger partial charge in [0.1, 0.15) is 5.82 Å². The molecule has 17 heavy (non-hydrogen) atoms. The van der Waals surface area contributed by atoms with Crippen molar-refractivity contribution in [2.45, 2.75) is 52.5 Å². The van der Waals surface area contributed by atoms with Crippen LogP contribution in [0.25, 0.3) is 0 Å². The largest absolute Gasteiger partial charge is 0.382 e. The van der Waals surface area contributed by atoms with E-state index in [1.165, 1.54) is 12.8 Å². The predicted octanol–water partition coefficient (Wildman–Crippen LogP) is 5.28. The fourth-order valence-electron chi connectivity index (χ4n) is 2.01. The monoisotopic (exact) mass is 301 g/mol. The smallest absolute Gasteiger partial charge is 0.137 e. The van der Waals surface area contributed by atoms with Gasteiger partial charge in [-0.2, -0.15) is 0 Å². The molecule has 1 N–H and O–H groups in total. The summed E-state index contributed by atoms with van der Waals surface area (Å²) in [6.07, 6.45) is 4.64. The second-order valence-corrected chi connectivity index (χ2v) is 5.35. The minimum atomic E-state index is -0.199. The van der Waals surface area contributed by atoms with Crippen molar-refractivity contribution in [3.8, 4) is 0 Å². The van der Waals surface area contributed by atoms with Crippen LogP contribution >= 0.6 is 15.9 Å². The maximum absolute atomic E-state index is 13.3. The van der Waals surface area contributed by atoms with E-state index in [0.717, 1.165) is 24.1 Å². The standard InChI is InChI=1S/C14H21BrFN/c1-4-6-11(7-5-2)17-14-9-12(15)13(16)8-10(14)3/h8-9,11,17H,4-7H2,1-3H3. The van der Waals surface area contributed by atoms with Crippen molar-refractivity contribution in [3.05, 3.63) is 28.0 Å². The number of halogens is 2. The molecule has 0 unspecified atom stereocenters. The first kappa shape index (κ1) is 14.5. The molecular formula is C14H21BrFN. The number of hydrogen-bond donors (Lipinski definition) is 1. The van der Waals surface area contributed by atoms with Gasteiger partial charge in [-0.25, -0.2) is 4.39 Å². The second-order valence-electron chi connectivity index (χ2n) is 4.50. The summed E-state index contributed by atoms with van der Waals surface area (Å²) in [6.45, 7) is 6.32. The number of hydrogen-bond acceptors (Lipinski definition) is 1. The van der Waals surface area contributed by atoms with Gasteiger partial charge >= 0.3 is 0 Å². The average molecular weight is 302 g/mol. The van der Waals surface area contributed by atoms with Crippen LogP contribution in [0.4, 0.5) is 10.1 Å². The van der Waals surface area contributed by atoms with Crippen LogP contribution in [0.15, 0.2) is 16.6 Å². The molecule has 0 saturated heterocycles. The first-order chi connectivity index (χ1) is 8.08. The van der Waals surface area contributed by atoms with Gasteiger partial charge in [0, 0.05) is 11.7 Å². The van der Waals surface area contributed by atoms with Crippen molar-refractivity contribution in [2.24, 2.45) is 0 Å². The zero-order valence-corrected chi connectivity index (χ0v) is 12.4. The zero-order chi connectivity index (χ0) is 12.8. The van der Waals surface area contributed by atoms with Crippen molar-refractivity contribution in [1.29, 1.82) is 0 Å². The summed E-state index contributed by atoms with van der Waals surface area (Å²) in [6, 6.07) is 3.89. The molecule has 0 amide bonds. The van der Waals surface area contributed by atoms with Crippen LogP contribution < -0.4 is 5.32 Å². The van der Waals surface area contributed by atoms with Gasteiger partial charge < -0.3 is 5.32 Å². The molecule has 1 aromatic carbocycles. The van der Waals surface area contributed by atoms with E-state index in [2.05, 4.69) is 35.1 Å². The highest BCUT2D eigenvalue weighted by molar-refractivity contribution is 9.10. The van der Waals surface area contributed by atoms with E-state index >= 15 is 0 Å². The van der Waals surface area contributed by atoms with Crippen LogP contribution in [-0.4, -0.2) is 6.04 Å². The van der Waals surface area contributed by atoms with Gasteiger partial charge in [-0.15, -0.1) is 0 Å². The predicted molar refractivity (Wildman–Crippen MR) is 76.1 cm³/mol. The molecular weight excluding hydrogens is 281 g/mol. The molecule has 0 saturated carbocycles. The molecule has 0 heterocycles. The lowest BCUT2D eigenvalue weighted by atomic mass is 10.1. The summed E-state index contributed by atoms with van der Waals surface area (Å²) in [5.74, 6) is -0.199. The van der Waals surface area contributed by atoms with Crippen LogP contribution in [-0.2, 0) is 0 Å². The molecule has 1 nitrogen and oxygen atoms in total. The van der Waals surface area contributed by atoms with Crippen molar-refractivity contribution < 1.29 is 4.39 Å². The van der Waals surface area contributed by atoms with Gasteiger partial charge in [-0.3, -0.25) is 0 Å². The summed E-state index contributed by atoms with van der Waals surface area (Å²) < 4.78 is 13.8. The molecule has 0 aliphatic heterocycles. The SMILES string of the molecule is CCCC(CCC)Nc1cc(Br)c(F)cc1C. The number of anilines is 1. The Morgan fingerprint density at radius 2 is 1.82 bits per heavy atom. The summed E-state index contributed by atoms with van der Waals surface area (Å²) in [5, 5.41) is 3.52. The van der Waals surface area contributed by atoms with Crippen LogP contribution in [0.5, 0.6) is 0 Å². The third-order valence-electron chi connectivity index (χ3n) is 2.90. The number of aryl methyl sites for hydroxylation is 1. The summed E-state index contributed by atoms with van der Waals surface area (Å²) in [5.41, 5.74) is 1.99. The van der Waals surface area contributed by atoms with E-state index in [1.807, 2.05) is 13.0 Å². The van der Waals surface area contributed by atoms with Gasteiger partial charge in [-0.05, 0) is 53.4 Å². The molecule has 0 aliphatic rings. The highest BCUT2D eigenvalue weighted by atomic mass is 79.9. The number of nitrogens with one attached hydrogen (secondary N) is 1. The molecule has 1 rings (SSSR count). The lowest BCUT2D eigenvalue weighted by Crippen LogP contribution is -2.19. The third kappa shape index (κ3) is 4.30. The van der Waals surface area contributed by atoms with Crippen molar-refractivity contribution >= 4 is 21.6 Å². The zero-order valence-electron chi connectivity index (χ0n) is 10.8. The molecule has 0 aliphatic carbocycles. The second kappa shape index (κ2) is 7.00. The first-order valence-corrected chi connectivity index (χ1v) is 7.10. The Labute approximate surface area is 112 Å². The van der Waals surface area contributed by atoms with E-state index in [9.17, 15) is 4.39 Å². The molecule has 0 bridgehead atoms. The first-order valence-electron chi connectivity index (χ1n) is 6.30. The van der Waals surface area contributed by atoms with Crippen molar-refractivity contribution in [3.63, 3.8) is 0 Å². The van der Waals surface area contributed by atoms with Gasteiger partial charge in [0.15, 0.2) is 0 Å². The molecule has 0 atom stereocenters. The van der Waals surface area contributed by atoms with Crippen molar-refractivity contribution in [2.75, 3.05) is 5.32 Å². The van der Waals surface area contributed by atoms with E-state index in [4.69, 9.17) is 0 Å². The van der Waals surface area contributed by atoms with Crippen LogP contribution in [0.2, 0.25) is 0 Å². The summed E-state index contributed by atoms with van der Waals surface area (Å²) in [7, 11) is 0. The Bertz CT molecular complexity index is 359. The average Bonchev–Trinajstić information content (AvgIpc) is 2.26. The molecule has 0 spiro atoms. The highest BCUT2D eigenvalue weighted by Crippen LogP contribution is 2.25. The van der Waals surface area contributed by atoms with E-state index in [1.54, 1.807) is 6.07 Å². The maximum atomic E-state index is 13.3. The Morgan fingerprint density at radius 3 is 2.35 bits per heavy atom. The van der Waals surface area contributed by atoms with Crippen LogP contribution in [0.3, 0.4) is 0 Å². The Balaban J connectivity index is 2.81. The molecule has 1 aromatic rings. The van der Waals surface area contributed by atoms with Gasteiger partial charge in [0.05, 0.1) is 4.47 Å². The van der Waals surface area contributed by atoms with E-state index in [0.29, 0.717) is 10.5 Å². The minimum absolute atomic E-state index is 0.199. The minimum Gasteiger partial charge on any atom is -0.382 e. The normalized spacial score (nSPS) is 10.9. The molecule has 96 valence electrons. The molecule has 3 heteroatoms. The third-order valence-corrected chi connectivity index (χ3v) is 3.51. The van der Waals surface area contributed by atoms with E-state index in [-0.39, 0.29) is 5.82 Å². The Morgan fingerprint density at radius 1 is 1.24 bits per heavy atom. The molecule has 0 radical (unpaired) electrons. The fraction of sp³-hybridized carbons (Fsp3) is 0.571. The number of rotatable bonds is 6. The summed E-state index contributed by atoms with van der Waals surface area (Å²) >= 11 is 3.23. The van der Waals surface area contributed by atoms with Gasteiger partial charge in [0.2, 0.25) is 0 Å². The lowest BCUT2D eigenvalue weighted by molar-refractivity contribution is 0.584. The van der Waals surface area contributed by atoms with Gasteiger partial charge in [0.25, 0.3) is 0 Å². The van der Waals surface area contributed by atoms with Gasteiger partial charge in [-0.1, -0.05) is 26.7 Å². The van der Waals surface area contributed by atoms with E-state index < -0.39 is 0 Å². The topological polar surface area (TPSA) is 12.0 Å². The number of benzene rings is 1. The van der Waals surface area contributed by atoms with Crippen molar-refractivity contribution in [1.82, 2.24) is 0 Å². The fourth-order valence-corrected chi connectivity index (χ4v) is 2.35. The Kier molecular flexibility index (Phi) is 5.96. The maximum Gasteiger partial charge on any atom is 0.137 e. The van der Waals surface area contributed by atoms with Crippen LogP contribution in [0, 0.1) is 12.7 Å². The Hall–Kier alpha value is -0.570.